The fourth-order valence-electron chi connectivity index (χ4n) is 0.301. The first kappa shape index (κ1) is 4.39. The van der Waals surface area contributed by atoms with Gasteiger partial charge in [0, 0.05) is 0 Å². The lowest BCUT2D eigenvalue weighted by atomic mass is 10.9. The standard InChI is InChI=1S/C3H5N3S/c4-2-1-6-3(5)7-2/h1H,4H2,(H2,5,6). The average Bonchev–Trinajstić information content (AvgIpc) is 1.87. The van der Waals surface area contributed by atoms with Gasteiger partial charge >= 0.3 is 0 Å². The van der Waals surface area contributed by atoms with Crippen molar-refractivity contribution in [1.29, 1.82) is 0 Å². The van der Waals surface area contributed by atoms with Crippen molar-refractivity contribution in [3.63, 3.8) is 0 Å². The highest BCUT2D eigenvalue weighted by molar-refractivity contribution is 7.19. The summed E-state index contributed by atoms with van der Waals surface area (Å²) in [6, 6.07) is 0. The van der Waals surface area contributed by atoms with Gasteiger partial charge in [-0.25, -0.2) is 4.98 Å². The van der Waals surface area contributed by atoms with E-state index in [9.17, 15) is 0 Å². The van der Waals surface area contributed by atoms with Crippen molar-refractivity contribution in [3.05, 3.63) is 6.20 Å². The summed E-state index contributed by atoms with van der Waals surface area (Å²) in [6.07, 6.45) is 1.54. The number of nitrogens with zero attached hydrogens (tertiary/aromatic N) is 1. The van der Waals surface area contributed by atoms with Crippen LogP contribution in [0.25, 0.3) is 0 Å². The molecule has 0 aliphatic rings. The molecule has 1 rings (SSSR count). The first-order valence-electron chi connectivity index (χ1n) is 1.76. The second-order valence-electron chi connectivity index (χ2n) is 1.10. The Kier molecular flexibility index (Phi) is 0.867. The molecule has 1 aromatic rings. The summed E-state index contributed by atoms with van der Waals surface area (Å²) in [5.41, 5.74) is 10.5. The lowest BCUT2D eigenvalue weighted by molar-refractivity contribution is 1.43. The van der Waals surface area contributed by atoms with Gasteiger partial charge in [-0.15, -0.1) is 0 Å². The molecule has 0 fully saturated rings. The number of nitrogens with two attached hydrogens (primary N) is 2. The SMILES string of the molecule is Nc1cnc(N)s1. The van der Waals surface area contributed by atoms with Crippen molar-refractivity contribution in [3.8, 4) is 0 Å². The van der Waals surface area contributed by atoms with Gasteiger partial charge in [0.25, 0.3) is 0 Å². The molecule has 0 bridgehead atoms. The molecule has 0 aromatic carbocycles. The zero-order valence-electron chi connectivity index (χ0n) is 3.59. The van der Waals surface area contributed by atoms with Gasteiger partial charge in [-0.1, -0.05) is 11.3 Å². The fraction of sp³-hybridized carbons (Fsp3) is 0. The maximum absolute atomic E-state index is 5.25. The third-order valence-electron chi connectivity index (χ3n) is 0.541. The van der Waals surface area contributed by atoms with Crippen molar-refractivity contribution in [2.24, 2.45) is 0 Å². The molecule has 4 N–H and O–H groups in total. The van der Waals surface area contributed by atoms with Crippen LogP contribution in [0.5, 0.6) is 0 Å². The summed E-state index contributed by atoms with van der Waals surface area (Å²) >= 11 is 1.29. The van der Waals surface area contributed by atoms with Gasteiger partial charge in [0.2, 0.25) is 0 Å². The molecule has 0 spiro atoms. The lowest BCUT2D eigenvalue weighted by Crippen LogP contribution is -1.77. The van der Waals surface area contributed by atoms with E-state index in [-0.39, 0.29) is 0 Å². The van der Waals surface area contributed by atoms with E-state index >= 15 is 0 Å². The Labute approximate surface area is 45.0 Å². The molecule has 0 aliphatic heterocycles. The Bertz CT molecular complexity index is 142. The summed E-state index contributed by atoms with van der Waals surface area (Å²) < 4.78 is 0. The minimum atomic E-state index is 0.525. The normalized spacial score (nSPS) is 9.14. The van der Waals surface area contributed by atoms with Gasteiger partial charge in [0.15, 0.2) is 5.13 Å². The predicted molar refractivity (Wildman–Crippen MR) is 30.9 cm³/mol. The molecule has 0 saturated heterocycles. The Morgan fingerprint density at radius 2 is 2.29 bits per heavy atom. The zero-order valence-corrected chi connectivity index (χ0v) is 4.40. The second-order valence-corrected chi connectivity index (χ2v) is 2.19. The Morgan fingerprint density at radius 1 is 1.57 bits per heavy atom. The van der Waals surface area contributed by atoms with Gasteiger partial charge in [-0.2, -0.15) is 0 Å². The van der Waals surface area contributed by atoms with Crippen LogP contribution in [0.1, 0.15) is 0 Å². The Hall–Kier alpha value is -0.770. The van der Waals surface area contributed by atoms with Crippen molar-refractivity contribution in [2.75, 3.05) is 11.5 Å². The summed E-state index contributed by atoms with van der Waals surface area (Å²) in [7, 11) is 0. The molecular weight excluding hydrogens is 110 g/mol. The van der Waals surface area contributed by atoms with Crippen LogP contribution in [0.15, 0.2) is 6.20 Å². The van der Waals surface area contributed by atoms with E-state index in [1.165, 1.54) is 11.3 Å². The number of thiazole rings is 1. The van der Waals surface area contributed by atoms with Gasteiger partial charge in [0.1, 0.15) is 5.00 Å². The van der Waals surface area contributed by atoms with Crippen LogP contribution in [0.2, 0.25) is 0 Å². The van der Waals surface area contributed by atoms with E-state index in [4.69, 9.17) is 11.5 Å². The maximum atomic E-state index is 5.25. The summed E-state index contributed by atoms with van der Waals surface area (Å²) in [5.74, 6) is 0. The van der Waals surface area contributed by atoms with E-state index in [0.29, 0.717) is 10.1 Å². The molecule has 38 valence electrons. The maximum Gasteiger partial charge on any atom is 0.181 e. The van der Waals surface area contributed by atoms with Crippen LogP contribution in [-0.2, 0) is 0 Å². The molecule has 0 radical (unpaired) electrons. The zero-order chi connectivity index (χ0) is 5.28. The fourth-order valence-corrected chi connectivity index (χ4v) is 0.753. The minimum Gasteiger partial charge on any atom is -0.389 e. The molecule has 1 aromatic heterocycles. The molecule has 1 heterocycles. The van der Waals surface area contributed by atoms with Crippen molar-refractivity contribution < 1.29 is 0 Å². The van der Waals surface area contributed by atoms with Crippen LogP contribution in [0.3, 0.4) is 0 Å². The first-order chi connectivity index (χ1) is 3.29. The number of hydrogen-bond acceptors (Lipinski definition) is 4. The van der Waals surface area contributed by atoms with E-state index in [2.05, 4.69) is 4.98 Å². The van der Waals surface area contributed by atoms with Crippen LogP contribution < -0.4 is 11.5 Å². The molecule has 0 amide bonds. The first-order valence-corrected chi connectivity index (χ1v) is 2.57. The van der Waals surface area contributed by atoms with Gasteiger partial charge in [0.05, 0.1) is 6.20 Å². The third-order valence-corrected chi connectivity index (χ3v) is 1.20. The number of hydrogen-bond donors (Lipinski definition) is 2. The van der Waals surface area contributed by atoms with Gasteiger partial charge in [-0.05, 0) is 0 Å². The predicted octanol–water partition coefficient (Wildman–Crippen LogP) is 0.308. The molecule has 0 aliphatic carbocycles. The molecule has 3 nitrogen and oxygen atoms in total. The van der Waals surface area contributed by atoms with Crippen molar-refractivity contribution in [1.82, 2.24) is 4.98 Å². The van der Waals surface area contributed by atoms with Crippen LogP contribution >= 0.6 is 11.3 Å². The molecule has 0 unspecified atom stereocenters. The Morgan fingerprint density at radius 3 is 2.43 bits per heavy atom. The van der Waals surface area contributed by atoms with Crippen molar-refractivity contribution in [2.45, 2.75) is 0 Å². The minimum absolute atomic E-state index is 0.525. The summed E-state index contributed by atoms with van der Waals surface area (Å²) in [6.45, 7) is 0. The third kappa shape index (κ3) is 0.806. The molecular formula is C3H5N3S. The molecule has 0 atom stereocenters. The number of nitrogen functional groups attached to an aromatic ring is 2. The highest BCUT2D eigenvalue weighted by Gasteiger charge is 1.87. The largest absolute Gasteiger partial charge is 0.389 e. The molecule has 4 heteroatoms. The van der Waals surface area contributed by atoms with Crippen LogP contribution in [0, 0.1) is 0 Å². The van der Waals surface area contributed by atoms with Crippen molar-refractivity contribution >= 4 is 21.5 Å². The molecule has 7 heavy (non-hydrogen) atoms. The van der Waals surface area contributed by atoms with E-state index in [1.807, 2.05) is 0 Å². The monoisotopic (exact) mass is 115 g/mol. The topological polar surface area (TPSA) is 64.9 Å². The second kappa shape index (κ2) is 1.38. The highest BCUT2D eigenvalue weighted by atomic mass is 32.1. The molecule has 0 saturated carbocycles. The van der Waals surface area contributed by atoms with Gasteiger partial charge in [-0.3, -0.25) is 0 Å². The quantitative estimate of drug-likeness (QED) is 0.511. The van der Waals surface area contributed by atoms with E-state index in [1.54, 1.807) is 6.20 Å². The average molecular weight is 115 g/mol. The smallest absolute Gasteiger partial charge is 0.181 e. The van der Waals surface area contributed by atoms with E-state index < -0.39 is 0 Å². The van der Waals surface area contributed by atoms with Crippen LogP contribution in [-0.4, -0.2) is 4.98 Å². The Balaban J connectivity index is 3.04. The number of anilines is 2. The summed E-state index contributed by atoms with van der Waals surface area (Å²) in [5, 5.41) is 1.19. The highest BCUT2D eigenvalue weighted by Crippen LogP contribution is 2.14. The van der Waals surface area contributed by atoms with Crippen LogP contribution in [0.4, 0.5) is 10.1 Å². The number of aromatic nitrogens is 1. The van der Waals surface area contributed by atoms with Gasteiger partial charge < -0.3 is 11.5 Å². The van der Waals surface area contributed by atoms with E-state index in [0.717, 1.165) is 0 Å². The summed E-state index contributed by atoms with van der Waals surface area (Å²) in [4.78, 5) is 3.69. The number of rotatable bonds is 0. The lowest BCUT2D eigenvalue weighted by Gasteiger charge is -1.71.